The molecule has 0 fully saturated rings. The SMILES string of the molecule is Cc1ccc(C)c(NC(=O)C(C)OC(=O)c2ccc(C)c(C)c2)c1. The number of hydrogen-bond acceptors (Lipinski definition) is 3. The molecule has 0 aliphatic heterocycles. The lowest BCUT2D eigenvalue weighted by Gasteiger charge is -2.15. The van der Waals surface area contributed by atoms with E-state index < -0.39 is 12.1 Å². The molecule has 0 aliphatic carbocycles. The van der Waals surface area contributed by atoms with Crippen LogP contribution in [0.15, 0.2) is 36.4 Å². The molecule has 0 aromatic heterocycles. The van der Waals surface area contributed by atoms with Gasteiger partial charge in [0.1, 0.15) is 0 Å². The Bertz CT molecular complexity index is 780. The van der Waals surface area contributed by atoms with Gasteiger partial charge >= 0.3 is 5.97 Å². The number of esters is 1. The highest BCUT2D eigenvalue weighted by Crippen LogP contribution is 2.17. The third kappa shape index (κ3) is 4.22. The fourth-order valence-electron chi connectivity index (χ4n) is 2.26. The first-order valence-electron chi connectivity index (χ1n) is 7.94. The smallest absolute Gasteiger partial charge is 0.338 e. The van der Waals surface area contributed by atoms with Crippen molar-refractivity contribution in [3.05, 3.63) is 64.2 Å². The normalized spacial score (nSPS) is 11.7. The predicted octanol–water partition coefficient (Wildman–Crippen LogP) is 4.10. The molecule has 2 aromatic carbocycles. The molecule has 2 aromatic rings. The molecule has 4 heteroatoms. The number of carbonyl (C=O) groups excluding carboxylic acids is 2. The number of aryl methyl sites for hydroxylation is 4. The molecule has 0 spiro atoms. The minimum absolute atomic E-state index is 0.346. The Hall–Kier alpha value is -2.62. The first kappa shape index (κ1) is 17.7. The number of hydrogen-bond donors (Lipinski definition) is 1. The van der Waals surface area contributed by atoms with Gasteiger partial charge in [-0.2, -0.15) is 0 Å². The van der Waals surface area contributed by atoms with E-state index >= 15 is 0 Å². The molecular formula is C20H23NO3. The minimum Gasteiger partial charge on any atom is -0.449 e. The Morgan fingerprint density at radius 1 is 0.917 bits per heavy atom. The summed E-state index contributed by atoms with van der Waals surface area (Å²) in [5.41, 5.74) is 5.31. The van der Waals surface area contributed by atoms with Gasteiger partial charge in [-0.05, 0) is 75.1 Å². The minimum atomic E-state index is -0.876. The molecule has 0 aliphatic rings. The number of ether oxygens (including phenoxy) is 1. The summed E-state index contributed by atoms with van der Waals surface area (Å²) in [6.07, 6.45) is -0.876. The van der Waals surface area contributed by atoms with Crippen molar-refractivity contribution in [1.82, 2.24) is 0 Å². The highest BCUT2D eigenvalue weighted by atomic mass is 16.5. The number of amides is 1. The van der Waals surface area contributed by atoms with Crippen LogP contribution >= 0.6 is 0 Å². The molecule has 0 heterocycles. The molecule has 4 nitrogen and oxygen atoms in total. The van der Waals surface area contributed by atoms with E-state index in [9.17, 15) is 9.59 Å². The zero-order valence-corrected chi connectivity index (χ0v) is 14.8. The van der Waals surface area contributed by atoms with Crippen molar-refractivity contribution in [3.8, 4) is 0 Å². The van der Waals surface area contributed by atoms with Crippen LogP contribution in [0, 0.1) is 27.7 Å². The summed E-state index contributed by atoms with van der Waals surface area (Å²) in [5.74, 6) is -0.845. The predicted molar refractivity (Wildman–Crippen MR) is 95.3 cm³/mol. The van der Waals surface area contributed by atoms with Crippen LogP contribution in [0.2, 0.25) is 0 Å². The van der Waals surface area contributed by atoms with E-state index in [0.29, 0.717) is 5.56 Å². The first-order chi connectivity index (χ1) is 11.3. The van der Waals surface area contributed by atoms with Crippen LogP contribution in [-0.2, 0) is 9.53 Å². The van der Waals surface area contributed by atoms with Gasteiger partial charge in [0.2, 0.25) is 0 Å². The molecule has 1 amide bonds. The van der Waals surface area contributed by atoms with Gasteiger partial charge in [-0.1, -0.05) is 18.2 Å². The van der Waals surface area contributed by atoms with Crippen LogP contribution in [-0.4, -0.2) is 18.0 Å². The van der Waals surface area contributed by atoms with E-state index in [4.69, 9.17) is 4.74 Å². The maximum Gasteiger partial charge on any atom is 0.338 e. The van der Waals surface area contributed by atoms with Crippen molar-refractivity contribution in [2.45, 2.75) is 40.7 Å². The third-order valence-electron chi connectivity index (χ3n) is 4.05. The summed E-state index contributed by atoms with van der Waals surface area (Å²) in [7, 11) is 0. The van der Waals surface area contributed by atoms with E-state index in [0.717, 1.165) is 27.9 Å². The fraction of sp³-hybridized carbons (Fsp3) is 0.300. The summed E-state index contributed by atoms with van der Waals surface area (Å²) < 4.78 is 5.28. The largest absolute Gasteiger partial charge is 0.449 e. The molecule has 1 unspecified atom stereocenters. The number of nitrogens with one attached hydrogen (secondary N) is 1. The van der Waals surface area contributed by atoms with Gasteiger partial charge in [-0.15, -0.1) is 0 Å². The second-order valence-corrected chi connectivity index (χ2v) is 6.15. The Balaban J connectivity index is 2.04. The molecule has 1 atom stereocenters. The Morgan fingerprint density at radius 3 is 2.25 bits per heavy atom. The standard InChI is InChI=1S/C20H23NO3/c1-12-6-7-14(3)18(10-12)21-19(22)16(5)24-20(23)17-9-8-13(2)15(4)11-17/h6-11,16H,1-5H3,(H,21,22). The van der Waals surface area contributed by atoms with Crippen LogP contribution in [0.5, 0.6) is 0 Å². The Morgan fingerprint density at radius 2 is 1.58 bits per heavy atom. The number of carbonyl (C=O) groups is 2. The highest BCUT2D eigenvalue weighted by Gasteiger charge is 2.19. The number of anilines is 1. The Kier molecular flexibility index (Phi) is 5.39. The average Bonchev–Trinajstić information content (AvgIpc) is 2.53. The Labute approximate surface area is 142 Å². The molecule has 0 radical (unpaired) electrons. The lowest BCUT2D eigenvalue weighted by atomic mass is 10.1. The molecule has 2 rings (SSSR count). The first-order valence-corrected chi connectivity index (χ1v) is 7.94. The maximum absolute atomic E-state index is 12.3. The number of benzene rings is 2. The van der Waals surface area contributed by atoms with Crippen LogP contribution in [0.25, 0.3) is 0 Å². The van der Waals surface area contributed by atoms with Gasteiger partial charge in [0.25, 0.3) is 5.91 Å². The molecule has 1 N–H and O–H groups in total. The zero-order chi connectivity index (χ0) is 17.9. The number of rotatable bonds is 4. The van der Waals surface area contributed by atoms with E-state index in [1.165, 1.54) is 0 Å². The fourth-order valence-corrected chi connectivity index (χ4v) is 2.26. The molecule has 0 saturated carbocycles. The lowest BCUT2D eigenvalue weighted by molar-refractivity contribution is -0.123. The lowest BCUT2D eigenvalue weighted by Crippen LogP contribution is -2.30. The highest BCUT2D eigenvalue weighted by molar-refractivity contribution is 5.97. The van der Waals surface area contributed by atoms with Gasteiger partial charge in [0, 0.05) is 5.69 Å². The van der Waals surface area contributed by atoms with Crippen molar-refractivity contribution in [1.29, 1.82) is 0 Å². The van der Waals surface area contributed by atoms with Crippen molar-refractivity contribution >= 4 is 17.6 Å². The van der Waals surface area contributed by atoms with Crippen molar-refractivity contribution < 1.29 is 14.3 Å². The van der Waals surface area contributed by atoms with Gasteiger partial charge in [-0.25, -0.2) is 4.79 Å². The third-order valence-corrected chi connectivity index (χ3v) is 4.05. The van der Waals surface area contributed by atoms with E-state index in [-0.39, 0.29) is 5.91 Å². The summed E-state index contributed by atoms with van der Waals surface area (Å²) in [6.45, 7) is 9.35. The van der Waals surface area contributed by atoms with Gasteiger partial charge in [-0.3, -0.25) is 4.79 Å². The molecule has 24 heavy (non-hydrogen) atoms. The van der Waals surface area contributed by atoms with E-state index in [2.05, 4.69) is 5.32 Å². The summed E-state index contributed by atoms with van der Waals surface area (Å²) in [6, 6.07) is 11.2. The molecule has 126 valence electrons. The second-order valence-electron chi connectivity index (χ2n) is 6.15. The molecule has 0 saturated heterocycles. The van der Waals surface area contributed by atoms with Crippen LogP contribution in [0.1, 0.15) is 39.5 Å². The van der Waals surface area contributed by atoms with E-state index in [1.54, 1.807) is 19.1 Å². The summed E-state index contributed by atoms with van der Waals surface area (Å²) >= 11 is 0. The van der Waals surface area contributed by atoms with Gasteiger partial charge in [0.05, 0.1) is 5.56 Å². The van der Waals surface area contributed by atoms with Crippen LogP contribution < -0.4 is 5.32 Å². The van der Waals surface area contributed by atoms with Crippen LogP contribution in [0.3, 0.4) is 0 Å². The zero-order valence-electron chi connectivity index (χ0n) is 14.8. The summed E-state index contributed by atoms with van der Waals surface area (Å²) in [4.78, 5) is 24.5. The van der Waals surface area contributed by atoms with Crippen molar-refractivity contribution in [2.24, 2.45) is 0 Å². The average molecular weight is 325 g/mol. The quantitative estimate of drug-likeness (QED) is 0.861. The van der Waals surface area contributed by atoms with Crippen molar-refractivity contribution in [3.63, 3.8) is 0 Å². The van der Waals surface area contributed by atoms with E-state index in [1.807, 2.05) is 52.0 Å². The second kappa shape index (κ2) is 7.30. The molecular weight excluding hydrogens is 302 g/mol. The maximum atomic E-state index is 12.3. The van der Waals surface area contributed by atoms with Crippen LogP contribution in [0.4, 0.5) is 5.69 Å². The van der Waals surface area contributed by atoms with Gasteiger partial charge < -0.3 is 10.1 Å². The topological polar surface area (TPSA) is 55.4 Å². The van der Waals surface area contributed by atoms with Gasteiger partial charge in [0.15, 0.2) is 6.10 Å². The van der Waals surface area contributed by atoms with Crippen molar-refractivity contribution in [2.75, 3.05) is 5.32 Å². The molecule has 0 bridgehead atoms. The summed E-state index contributed by atoms with van der Waals surface area (Å²) in [5, 5.41) is 2.81. The monoisotopic (exact) mass is 325 g/mol.